The number of para-hydroxylation sites is 1. The quantitative estimate of drug-likeness (QED) is 0.353. The number of carbonyl (C=O) groups excluding carboxylic acids is 2. The fourth-order valence-electron chi connectivity index (χ4n) is 4.27. The standard InChI is InChI=1S/C25H33N3O5/c1-16(2)28(18-6-5-11-26-15-18)24(29)20-14-22(32-13-12-31-3)19-7-4-8-21(23(19)27-20)33-25(30)17-9-10-17/h4,7-8,14,16-18,26H,5-6,9-13,15H2,1-3H3/t18-/m1/s1. The van der Waals surface area contributed by atoms with Crippen molar-refractivity contribution in [3.8, 4) is 11.5 Å². The summed E-state index contributed by atoms with van der Waals surface area (Å²) in [5.41, 5.74) is 0.736. The van der Waals surface area contributed by atoms with Crippen molar-refractivity contribution in [3.63, 3.8) is 0 Å². The van der Waals surface area contributed by atoms with E-state index in [-0.39, 0.29) is 35.6 Å². The van der Waals surface area contributed by atoms with Gasteiger partial charge in [0.2, 0.25) is 0 Å². The predicted octanol–water partition coefficient (Wildman–Crippen LogP) is 3.18. The highest BCUT2D eigenvalue weighted by Crippen LogP contribution is 2.35. The number of nitrogens with zero attached hydrogens (tertiary/aromatic N) is 2. The Morgan fingerprint density at radius 1 is 1.18 bits per heavy atom. The number of rotatable bonds is 9. The Morgan fingerprint density at radius 2 is 2.00 bits per heavy atom. The molecule has 1 aromatic heterocycles. The van der Waals surface area contributed by atoms with Gasteiger partial charge in [-0.25, -0.2) is 4.98 Å². The van der Waals surface area contributed by atoms with Gasteiger partial charge >= 0.3 is 5.97 Å². The Hall–Kier alpha value is -2.71. The Morgan fingerprint density at radius 3 is 2.67 bits per heavy atom. The van der Waals surface area contributed by atoms with E-state index in [1.54, 1.807) is 25.3 Å². The van der Waals surface area contributed by atoms with Crippen molar-refractivity contribution in [1.82, 2.24) is 15.2 Å². The van der Waals surface area contributed by atoms with Gasteiger partial charge in [0, 0.05) is 37.2 Å². The Balaban J connectivity index is 1.73. The number of aromatic nitrogens is 1. The van der Waals surface area contributed by atoms with Crippen LogP contribution in [0.4, 0.5) is 0 Å². The van der Waals surface area contributed by atoms with Crippen LogP contribution in [0, 0.1) is 5.92 Å². The number of methoxy groups -OCH3 is 1. The van der Waals surface area contributed by atoms with E-state index in [0.29, 0.717) is 35.6 Å². The summed E-state index contributed by atoms with van der Waals surface area (Å²) in [6.45, 7) is 6.51. The first kappa shape index (κ1) is 23.4. The third-order valence-corrected chi connectivity index (χ3v) is 6.11. The van der Waals surface area contributed by atoms with Gasteiger partial charge in [-0.2, -0.15) is 0 Å². The molecule has 0 bridgehead atoms. The first-order valence-corrected chi connectivity index (χ1v) is 11.8. The molecule has 8 nitrogen and oxygen atoms in total. The highest BCUT2D eigenvalue weighted by Gasteiger charge is 2.33. The largest absolute Gasteiger partial charge is 0.490 e. The summed E-state index contributed by atoms with van der Waals surface area (Å²) < 4.78 is 16.8. The van der Waals surface area contributed by atoms with Gasteiger partial charge in [-0.05, 0) is 58.2 Å². The molecular weight excluding hydrogens is 422 g/mol. The molecule has 0 spiro atoms. The molecule has 1 amide bonds. The van der Waals surface area contributed by atoms with E-state index in [1.165, 1.54) is 0 Å². The molecule has 1 N–H and O–H groups in total. The third kappa shape index (κ3) is 5.45. The van der Waals surface area contributed by atoms with Crippen molar-refractivity contribution in [2.75, 3.05) is 33.4 Å². The highest BCUT2D eigenvalue weighted by atomic mass is 16.5. The molecule has 1 aliphatic heterocycles. The summed E-state index contributed by atoms with van der Waals surface area (Å²) >= 11 is 0. The summed E-state index contributed by atoms with van der Waals surface area (Å²) in [5.74, 6) is 0.430. The van der Waals surface area contributed by atoms with E-state index in [9.17, 15) is 9.59 Å². The fraction of sp³-hybridized carbons (Fsp3) is 0.560. The number of amides is 1. The van der Waals surface area contributed by atoms with Crippen molar-refractivity contribution >= 4 is 22.8 Å². The molecular formula is C25H33N3O5. The number of nitrogens with one attached hydrogen (secondary N) is 1. The second kappa shape index (κ2) is 10.5. The summed E-state index contributed by atoms with van der Waals surface area (Å²) in [7, 11) is 1.61. The number of esters is 1. The SMILES string of the molecule is COCCOc1cc(C(=O)N(C(C)C)[C@@H]2CCCNC2)nc2c(OC(=O)C3CC3)cccc12. The van der Waals surface area contributed by atoms with Gasteiger partial charge in [0.25, 0.3) is 5.91 Å². The van der Waals surface area contributed by atoms with E-state index >= 15 is 0 Å². The summed E-state index contributed by atoms with van der Waals surface area (Å²) in [6.07, 6.45) is 3.68. The van der Waals surface area contributed by atoms with Crippen LogP contribution in [0.3, 0.4) is 0 Å². The molecule has 4 rings (SSSR count). The fourth-order valence-corrected chi connectivity index (χ4v) is 4.27. The van der Waals surface area contributed by atoms with Crippen LogP contribution in [0.5, 0.6) is 11.5 Å². The number of ether oxygens (including phenoxy) is 3. The van der Waals surface area contributed by atoms with Gasteiger partial charge in [0.15, 0.2) is 5.75 Å². The van der Waals surface area contributed by atoms with Gasteiger partial charge in [-0.15, -0.1) is 0 Å². The van der Waals surface area contributed by atoms with Crippen LogP contribution >= 0.6 is 0 Å². The van der Waals surface area contributed by atoms with Crippen molar-refractivity contribution in [1.29, 1.82) is 0 Å². The Labute approximate surface area is 194 Å². The van der Waals surface area contributed by atoms with Gasteiger partial charge in [0.1, 0.15) is 23.6 Å². The zero-order chi connectivity index (χ0) is 23.4. The average Bonchev–Trinajstić information content (AvgIpc) is 3.66. The predicted molar refractivity (Wildman–Crippen MR) is 125 cm³/mol. The molecule has 178 valence electrons. The van der Waals surface area contributed by atoms with Crippen molar-refractivity contribution in [2.24, 2.45) is 5.92 Å². The van der Waals surface area contributed by atoms with Crippen LogP contribution in [0.15, 0.2) is 24.3 Å². The molecule has 2 aliphatic rings. The van der Waals surface area contributed by atoms with Crippen molar-refractivity contribution < 1.29 is 23.8 Å². The molecule has 1 aromatic carbocycles. The zero-order valence-electron chi connectivity index (χ0n) is 19.6. The van der Waals surface area contributed by atoms with Gasteiger partial charge < -0.3 is 24.4 Å². The highest BCUT2D eigenvalue weighted by molar-refractivity contribution is 5.99. The number of pyridine rings is 1. The van der Waals surface area contributed by atoms with E-state index in [2.05, 4.69) is 5.32 Å². The molecule has 0 radical (unpaired) electrons. The molecule has 8 heteroatoms. The minimum atomic E-state index is -0.250. The van der Waals surface area contributed by atoms with Crippen molar-refractivity contribution in [3.05, 3.63) is 30.0 Å². The summed E-state index contributed by atoms with van der Waals surface area (Å²) in [4.78, 5) is 32.7. The number of piperidine rings is 1. The smallest absolute Gasteiger partial charge is 0.314 e. The molecule has 1 atom stereocenters. The minimum Gasteiger partial charge on any atom is -0.490 e. The first-order chi connectivity index (χ1) is 16.0. The van der Waals surface area contributed by atoms with E-state index < -0.39 is 0 Å². The average molecular weight is 456 g/mol. The van der Waals surface area contributed by atoms with Crippen LogP contribution in [-0.2, 0) is 9.53 Å². The number of hydrogen-bond donors (Lipinski definition) is 1. The van der Waals surface area contributed by atoms with Crippen LogP contribution in [-0.4, -0.2) is 67.3 Å². The molecule has 2 fully saturated rings. The van der Waals surface area contributed by atoms with E-state index in [0.717, 1.165) is 38.8 Å². The summed E-state index contributed by atoms with van der Waals surface area (Å²) in [5, 5.41) is 4.08. The third-order valence-electron chi connectivity index (χ3n) is 6.11. The lowest BCUT2D eigenvalue weighted by Crippen LogP contribution is -2.51. The summed E-state index contributed by atoms with van der Waals surface area (Å²) in [6, 6.07) is 7.19. The maximum absolute atomic E-state index is 13.7. The first-order valence-electron chi connectivity index (χ1n) is 11.8. The van der Waals surface area contributed by atoms with Crippen LogP contribution < -0.4 is 14.8 Å². The normalized spacial score (nSPS) is 18.4. The zero-order valence-corrected chi connectivity index (χ0v) is 19.6. The maximum Gasteiger partial charge on any atom is 0.314 e. The number of carbonyl (C=O) groups is 2. The molecule has 0 unspecified atom stereocenters. The topological polar surface area (TPSA) is 90.0 Å². The lowest BCUT2D eigenvalue weighted by Gasteiger charge is -2.37. The van der Waals surface area contributed by atoms with Crippen molar-refractivity contribution in [2.45, 2.75) is 51.6 Å². The van der Waals surface area contributed by atoms with E-state index in [4.69, 9.17) is 19.2 Å². The lowest BCUT2D eigenvalue weighted by molar-refractivity contribution is -0.135. The van der Waals surface area contributed by atoms with Gasteiger partial charge in [-0.1, -0.05) is 6.07 Å². The number of benzene rings is 1. The molecule has 2 heterocycles. The van der Waals surface area contributed by atoms with Gasteiger partial charge in [0.05, 0.1) is 12.5 Å². The van der Waals surface area contributed by atoms with Crippen LogP contribution in [0.1, 0.15) is 50.0 Å². The second-order valence-electron chi connectivity index (χ2n) is 9.00. The minimum absolute atomic E-state index is 0.0145. The number of hydrogen-bond acceptors (Lipinski definition) is 7. The van der Waals surface area contributed by atoms with Crippen LogP contribution in [0.25, 0.3) is 10.9 Å². The molecule has 33 heavy (non-hydrogen) atoms. The Bertz CT molecular complexity index is 999. The monoisotopic (exact) mass is 455 g/mol. The maximum atomic E-state index is 13.7. The molecule has 1 saturated carbocycles. The molecule has 1 saturated heterocycles. The van der Waals surface area contributed by atoms with Crippen LogP contribution in [0.2, 0.25) is 0 Å². The molecule has 2 aromatic rings. The van der Waals surface area contributed by atoms with E-state index in [1.807, 2.05) is 24.8 Å². The molecule has 1 aliphatic carbocycles. The van der Waals surface area contributed by atoms with Gasteiger partial charge in [-0.3, -0.25) is 9.59 Å². The lowest BCUT2D eigenvalue weighted by atomic mass is 10.0. The second-order valence-corrected chi connectivity index (χ2v) is 9.00. The number of fused-ring (bicyclic) bond motifs is 1. The Kier molecular flexibility index (Phi) is 7.45.